The minimum atomic E-state index is -1.79. The summed E-state index contributed by atoms with van der Waals surface area (Å²) in [6, 6.07) is 67.4. The van der Waals surface area contributed by atoms with Gasteiger partial charge >= 0.3 is 34.4 Å². The molecule has 0 N–H and O–H groups in total. The molecule has 24 heteroatoms. The highest BCUT2D eigenvalue weighted by atomic mass is 31.2. The van der Waals surface area contributed by atoms with Gasteiger partial charge in [-0.05, 0) is 156 Å². The summed E-state index contributed by atoms with van der Waals surface area (Å²) in [7, 11) is -7.01. The number of hydrogen-bond acceptors (Lipinski definition) is 20. The molecule has 20 nitrogen and oxygen atoms in total. The number of rotatable bonds is 50. The number of benzene rings is 8. The minimum Gasteiger partial charge on any atom is -0.418 e. The molecule has 0 fully saturated rings. The van der Waals surface area contributed by atoms with Crippen LogP contribution in [-0.2, 0) is 72.2 Å². The first-order chi connectivity index (χ1) is 55.2. The summed E-state index contributed by atoms with van der Waals surface area (Å²) < 4.78 is 119. The van der Waals surface area contributed by atoms with E-state index in [-0.39, 0.29) is 16.2 Å². The molecule has 0 spiro atoms. The maximum Gasteiger partial charge on any atom is 0.463 e. The Labute approximate surface area is 677 Å². The van der Waals surface area contributed by atoms with Crippen molar-refractivity contribution >= 4 is 34.4 Å². The fourth-order valence-corrected chi connectivity index (χ4v) is 14.8. The van der Waals surface area contributed by atoms with Crippen LogP contribution >= 0.6 is 34.4 Å². The molecule has 113 heavy (non-hydrogen) atoms. The van der Waals surface area contributed by atoms with Crippen molar-refractivity contribution in [2.24, 2.45) is 0 Å². The average molecular weight is 1630 g/mol. The van der Waals surface area contributed by atoms with Gasteiger partial charge in [-0.3, -0.25) is 18.1 Å². The molecule has 8 aromatic rings. The number of para-hydroxylation sites is 2. The zero-order chi connectivity index (χ0) is 79.9. The highest BCUT2D eigenvalue weighted by molar-refractivity contribution is 7.43. The lowest BCUT2D eigenvalue weighted by molar-refractivity contribution is 0.0346. The second-order valence-corrected chi connectivity index (χ2v) is 32.2. The second-order valence-electron chi connectivity index (χ2n) is 27.9. The smallest absolute Gasteiger partial charge is 0.418 e. The third-order valence-electron chi connectivity index (χ3n) is 18.1. The molecule has 7 heterocycles. The van der Waals surface area contributed by atoms with E-state index in [0.717, 1.165) is 111 Å². The summed E-state index contributed by atoms with van der Waals surface area (Å²) in [6.45, 7) is 32.0. The quantitative estimate of drug-likeness (QED) is 0.0259. The second kappa shape index (κ2) is 52.9. The highest BCUT2D eigenvalue weighted by Gasteiger charge is 2.30. The first-order valence-corrected chi connectivity index (χ1v) is 44.1. The van der Waals surface area contributed by atoms with Gasteiger partial charge in [-0.1, -0.05) is 204 Å². The van der Waals surface area contributed by atoms with Crippen molar-refractivity contribution in [3.63, 3.8) is 0 Å². The van der Waals surface area contributed by atoms with Gasteiger partial charge in [0.2, 0.25) is 0 Å². The van der Waals surface area contributed by atoms with Crippen LogP contribution in [0.25, 0.3) is 0 Å². The van der Waals surface area contributed by atoms with Crippen molar-refractivity contribution in [3.05, 3.63) is 240 Å². The van der Waals surface area contributed by atoms with Crippen LogP contribution < -0.4 is 36.2 Å². The van der Waals surface area contributed by atoms with Crippen molar-refractivity contribution in [1.82, 2.24) is 0 Å². The van der Waals surface area contributed by atoms with E-state index in [1.54, 1.807) is 0 Å². The lowest BCUT2D eigenvalue weighted by atomic mass is 9.78. The maximum atomic E-state index is 6.34. The number of unbranched alkanes of at least 4 members (excludes halogenated alkanes) is 4. The number of ether oxygens (including phenoxy) is 8. The van der Waals surface area contributed by atoms with E-state index in [2.05, 4.69) is 142 Å². The zero-order valence-electron chi connectivity index (χ0n) is 67.9. The molecule has 0 radical (unpaired) electrons. The summed E-state index contributed by atoms with van der Waals surface area (Å²) >= 11 is 0. The first kappa shape index (κ1) is 91.9. The van der Waals surface area contributed by atoms with Crippen molar-refractivity contribution in [2.75, 3.05) is 132 Å². The molecule has 7 aliphatic rings. The molecular formula is C89H120O20P4. The highest BCUT2D eigenvalue weighted by Crippen LogP contribution is 2.48. The molecule has 15 rings (SSSR count). The maximum absolute atomic E-state index is 6.34. The Hall–Kier alpha value is -6.60. The van der Waals surface area contributed by atoms with Crippen LogP contribution in [0.2, 0.25) is 0 Å². The van der Waals surface area contributed by atoms with Crippen molar-refractivity contribution in [1.29, 1.82) is 0 Å². The normalized spacial score (nSPS) is 15.0. The molecule has 7 aliphatic heterocycles. The van der Waals surface area contributed by atoms with E-state index in [9.17, 15) is 0 Å². The predicted molar refractivity (Wildman–Crippen MR) is 451 cm³/mol. The van der Waals surface area contributed by atoms with Gasteiger partial charge in [-0.2, -0.15) is 0 Å². The van der Waals surface area contributed by atoms with E-state index < -0.39 is 34.4 Å². The van der Waals surface area contributed by atoms with Crippen LogP contribution in [0.4, 0.5) is 0 Å². The van der Waals surface area contributed by atoms with Crippen LogP contribution in [0.15, 0.2) is 206 Å². The molecule has 8 aromatic carbocycles. The molecule has 0 saturated carbocycles. The topological polar surface area (TPSA) is 185 Å². The Balaban J connectivity index is 0.000000284. The lowest BCUT2D eigenvalue weighted by Crippen LogP contribution is -2.19. The number of hydrogen-bond donors (Lipinski definition) is 0. The molecule has 0 saturated heterocycles. The minimum absolute atomic E-state index is 0.310. The van der Waals surface area contributed by atoms with Crippen LogP contribution in [0, 0.1) is 0 Å². The van der Waals surface area contributed by atoms with Crippen molar-refractivity contribution in [2.45, 2.75) is 137 Å². The van der Waals surface area contributed by atoms with E-state index in [0.29, 0.717) is 152 Å². The molecule has 616 valence electrons. The van der Waals surface area contributed by atoms with Gasteiger partial charge in [0.15, 0.2) is 0 Å². The standard InChI is InChI=1S/C46H62O10P2.C43H58O10P2/c1-7-9-27-47-29-31-49-33-35-51-57-53-41-19-11-37(12-20-41)45(3,4)39-15-23-43(24-16-39)55-58(52-36-34-50-32-30-48-28-10-8-2)56-44-25-17-40(18-26-44)46(5,6)38-13-21-42(54-57)22-14-38;1-5-7-27-44-29-31-46-33-35-48-54(50-39-15-11-9-12-16-39)52-41-23-19-37(20-24-41)43(3,4)38-21-25-42(26-22-38)53-55(51-40-17-13-10-14-18-40)49-36-34-47-32-30-45-28-8-6-2/h11-26H,7-10,27-36H2,1-6H3;9-26H,5-8,27-36H2,1-4H3. The summed E-state index contributed by atoms with van der Waals surface area (Å²) in [5.41, 5.74) is 5.78. The van der Waals surface area contributed by atoms with E-state index in [1.807, 2.05) is 133 Å². The fraction of sp³-hybridized carbons (Fsp3) is 0.461. The Morgan fingerprint density at radius 3 is 0.761 bits per heavy atom. The Bertz CT molecular complexity index is 3390. The Kier molecular flexibility index (Phi) is 43.0. The monoisotopic (exact) mass is 1630 g/mol. The molecular weight excluding hydrogens is 1510 g/mol. The largest absolute Gasteiger partial charge is 0.463 e. The summed E-state index contributed by atoms with van der Waals surface area (Å²) in [4.78, 5) is 0. The van der Waals surface area contributed by atoms with E-state index in [4.69, 9.17) is 92.2 Å². The third kappa shape index (κ3) is 34.2. The third-order valence-corrected chi connectivity index (χ3v) is 22.6. The van der Waals surface area contributed by atoms with Gasteiger partial charge in [0.25, 0.3) is 0 Å². The average Bonchev–Trinajstić information content (AvgIpc) is 0.809. The van der Waals surface area contributed by atoms with Gasteiger partial charge < -0.3 is 74.1 Å². The van der Waals surface area contributed by atoms with Crippen LogP contribution in [0.5, 0.6) is 46.0 Å². The molecule has 0 amide bonds. The van der Waals surface area contributed by atoms with E-state index in [1.165, 1.54) is 0 Å². The van der Waals surface area contributed by atoms with Crippen LogP contribution in [0.3, 0.4) is 0 Å². The predicted octanol–water partition coefficient (Wildman–Crippen LogP) is 22.8. The molecule has 2 atom stereocenters. The molecule has 0 aromatic heterocycles. The van der Waals surface area contributed by atoms with Gasteiger partial charge in [0.1, 0.15) is 46.0 Å². The van der Waals surface area contributed by atoms with Crippen LogP contribution in [0.1, 0.15) is 154 Å². The van der Waals surface area contributed by atoms with Gasteiger partial charge in [-0.25, -0.2) is 0 Å². The Morgan fingerprint density at radius 1 is 0.274 bits per heavy atom. The molecule has 2 unspecified atom stereocenters. The SMILES string of the molecule is CCCCOCCOCCOP(Oc1ccccc1)Oc1ccc(C(C)(C)c2ccc(OP(OCCOCCOCCCC)Oc3ccccc3)cc2)cc1.CCCCOCCOCCOP1Oc2ccc(cc2)C(C)(C)c2ccc(cc2)OP(OCCOCCOCCCC)Oc2ccc(cc2)C(C)(C)c2ccc(cc2)O1. The van der Waals surface area contributed by atoms with Gasteiger partial charge in [-0.15, -0.1) is 0 Å². The zero-order valence-corrected chi connectivity index (χ0v) is 71.5. The van der Waals surface area contributed by atoms with E-state index >= 15 is 0 Å². The molecule has 0 aliphatic carbocycles. The van der Waals surface area contributed by atoms with Gasteiger partial charge in [0.05, 0.1) is 106 Å². The fourth-order valence-electron chi connectivity index (χ4n) is 11.0. The molecule has 8 bridgehead atoms. The van der Waals surface area contributed by atoms with Crippen molar-refractivity contribution in [3.8, 4) is 46.0 Å². The Morgan fingerprint density at radius 2 is 0.504 bits per heavy atom. The van der Waals surface area contributed by atoms with Gasteiger partial charge in [0, 0.05) is 42.7 Å². The summed E-state index contributed by atoms with van der Waals surface area (Å²) in [6.07, 6.45) is 8.66. The summed E-state index contributed by atoms with van der Waals surface area (Å²) in [5.74, 6) is 5.22. The summed E-state index contributed by atoms with van der Waals surface area (Å²) in [5, 5.41) is 0. The van der Waals surface area contributed by atoms with Crippen LogP contribution in [-0.4, -0.2) is 132 Å². The van der Waals surface area contributed by atoms with Crippen molar-refractivity contribution < 1.29 is 92.2 Å². The lowest BCUT2D eigenvalue weighted by Gasteiger charge is -2.27. The first-order valence-electron chi connectivity index (χ1n) is 39.7.